The van der Waals surface area contributed by atoms with Crippen molar-refractivity contribution in [1.82, 2.24) is 0 Å². The summed E-state index contributed by atoms with van der Waals surface area (Å²) >= 11 is 0. The van der Waals surface area contributed by atoms with E-state index < -0.39 is 5.79 Å². The van der Waals surface area contributed by atoms with Gasteiger partial charge < -0.3 is 9.47 Å². The van der Waals surface area contributed by atoms with Crippen LogP contribution in [0.3, 0.4) is 0 Å². The number of fused-ring (bicyclic) bond motifs is 1. The van der Waals surface area contributed by atoms with E-state index in [1.807, 2.05) is 13.8 Å². The highest BCUT2D eigenvalue weighted by molar-refractivity contribution is 5.86. The first-order valence-electron chi connectivity index (χ1n) is 3.97. The van der Waals surface area contributed by atoms with Crippen LogP contribution in [0.25, 0.3) is 0 Å². The standard InChI is InChI=1S/C8H12O3/c1-8(2)10-6-4-3-5(9)7(6)11-8/h6-7H,3-4H2,1-2H3/t6-,7-/m1/s1. The van der Waals surface area contributed by atoms with Crippen LogP contribution in [0, 0.1) is 0 Å². The number of ketones is 1. The van der Waals surface area contributed by atoms with Gasteiger partial charge in [-0.05, 0) is 20.3 Å². The number of carbonyl (C=O) groups is 1. The van der Waals surface area contributed by atoms with E-state index in [0.717, 1.165) is 6.42 Å². The van der Waals surface area contributed by atoms with E-state index in [4.69, 9.17) is 9.47 Å². The highest BCUT2D eigenvalue weighted by Crippen LogP contribution is 2.35. The maximum atomic E-state index is 11.1. The summed E-state index contributed by atoms with van der Waals surface area (Å²) in [5.41, 5.74) is 0. The van der Waals surface area contributed by atoms with Crippen molar-refractivity contribution in [3.8, 4) is 0 Å². The molecule has 1 aliphatic heterocycles. The van der Waals surface area contributed by atoms with Gasteiger partial charge >= 0.3 is 0 Å². The molecule has 2 aliphatic rings. The highest BCUT2D eigenvalue weighted by atomic mass is 16.8. The zero-order chi connectivity index (χ0) is 8.06. The Balaban J connectivity index is 2.16. The van der Waals surface area contributed by atoms with Crippen LogP contribution in [-0.4, -0.2) is 23.8 Å². The van der Waals surface area contributed by atoms with Crippen molar-refractivity contribution in [1.29, 1.82) is 0 Å². The number of rotatable bonds is 0. The maximum Gasteiger partial charge on any atom is 0.164 e. The fraction of sp³-hybridized carbons (Fsp3) is 0.875. The van der Waals surface area contributed by atoms with E-state index >= 15 is 0 Å². The molecule has 2 fully saturated rings. The minimum atomic E-state index is -0.550. The zero-order valence-electron chi connectivity index (χ0n) is 6.79. The Morgan fingerprint density at radius 2 is 2.18 bits per heavy atom. The molecule has 3 nitrogen and oxygen atoms in total. The average Bonchev–Trinajstić information content (AvgIpc) is 2.31. The van der Waals surface area contributed by atoms with Crippen LogP contribution >= 0.6 is 0 Å². The Labute approximate surface area is 65.7 Å². The van der Waals surface area contributed by atoms with Crippen LogP contribution in [0.2, 0.25) is 0 Å². The number of Topliss-reactive ketones (excluding diaryl/α,β-unsaturated/α-hetero) is 1. The van der Waals surface area contributed by atoms with Crippen molar-refractivity contribution >= 4 is 5.78 Å². The van der Waals surface area contributed by atoms with Gasteiger partial charge in [0.1, 0.15) is 6.10 Å². The first-order valence-corrected chi connectivity index (χ1v) is 3.97. The molecule has 1 saturated heterocycles. The molecule has 0 radical (unpaired) electrons. The van der Waals surface area contributed by atoms with Crippen LogP contribution in [0.5, 0.6) is 0 Å². The van der Waals surface area contributed by atoms with Crippen molar-refractivity contribution in [2.45, 2.75) is 44.7 Å². The topological polar surface area (TPSA) is 35.5 Å². The minimum Gasteiger partial charge on any atom is -0.344 e. The molecule has 0 bridgehead atoms. The average molecular weight is 156 g/mol. The summed E-state index contributed by atoms with van der Waals surface area (Å²) in [4.78, 5) is 11.1. The van der Waals surface area contributed by atoms with Crippen LogP contribution in [0.1, 0.15) is 26.7 Å². The molecule has 1 aliphatic carbocycles. The molecule has 0 amide bonds. The van der Waals surface area contributed by atoms with E-state index in [2.05, 4.69) is 0 Å². The molecule has 0 spiro atoms. The van der Waals surface area contributed by atoms with Gasteiger partial charge in [-0.15, -0.1) is 0 Å². The Morgan fingerprint density at radius 3 is 2.82 bits per heavy atom. The lowest BCUT2D eigenvalue weighted by Crippen LogP contribution is -2.24. The molecule has 11 heavy (non-hydrogen) atoms. The first-order chi connectivity index (χ1) is 5.08. The molecule has 62 valence electrons. The second kappa shape index (κ2) is 2.05. The van der Waals surface area contributed by atoms with Gasteiger partial charge in [0.25, 0.3) is 0 Å². The number of hydrogen-bond donors (Lipinski definition) is 0. The summed E-state index contributed by atoms with van der Waals surface area (Å²) in [7, 11) is 0. The molecule has 1 saturated carbocycles. The predicted octanol–water partition coefficient (Wildman–Crippen LogP) is 0.869. The monoisotopic (exact) mass is 156 g/mol. The SMILES string of the molecule is CC1(C)O[C@@H]2C(=O)CC[C@H]2O1. The van der Waals surface area contributed by atoms with Gasteiger partial charge in [0, 0.05) is 6.42 Å². The summed E-state index contributed by atoms with van der Waals surface area (Å²) in [5.74, 6) is -0.355. The fourth-order valence-electron chi connectivity index (χ4n) is 1.75. The van der Waals surface area contributed by atoms with Crippen LogP contribution in [-0.2, 0) is 14.3 Å². The van der Waals surface area contributed by atoms with Crippen molar-refractivity contribution in [2.75, 3.05) is 0 Å². The van der Waals surface area contributed by atoms with E-state index in [1.54, 1.807) is 0 Å². The Kier molecular flexibility index (Phi) is 1.35. The van der Waals surface area contributed by atoms with Gasteiger partial charge in [-0.2, -0.15) is 0 Å². The number of hydrogen-bond acceptors (Lipinski definition) is 3. The molecule has 0 aromatic heterocycles. The largest absolute Gasteiger partial charge is 0.344 e. The van der Waals surface area contributed by atoms with Gasteiger partial charge in [-0.1, -0.05) is 0 Å². The smallest absolute Gasteiger partial charge is 0.164 e. The Bertz CT molecular complexity index is 198. The lowest BCUT2D eigenvalue weighted by atomic mass is 10.3. The van der Waals surface area contributed by atoms with Gasteiger partial charge in [0.2, 0.25) is 0 Å². The molecule has 0 aromatic rings. The second-order valence-electron chi connectivity index (χ2n) is 3.60. The quantitative estimate of drug-likeness (QED) is 0.522. The van der Waals surface area contributed by atoms with Crippen LogP contribution in [0.4, 0.5) is 0 Å². The fourth-order valence-corrected chi connectivity index (χ4v) is 1.75. The zero-order valence-corrected chi connectivity index (χ0v) is 6.79. The van der Waals surface area contributed by atoms with Gasteiger partial charge in [-0.25, -0.2) is 0 Å². The summed E-state index contributed by atoms with van der Waals surface area (Å²) in [6.07, 6.45) is 1.20. The first kappa shape index (κ1) is 7.25. The van der Waals surface area contributed by atoms with Gasteiger partial charge in [-0.3, -0.25) is 4.79 Å². The molecule has 0 unspecified atom stereocenters. The van der Waals surface area contributed by atoms with E-state index in [-0.39, 0.29) is 18.0 Å². The van der Waals surface area contributed by atoms with E-state index in [9.17, 15) is 4.79 Å². The third-order valence-corrected chi connectivity index (χ3v) is 2.18. The molecular formula is C8H12O3. The van der Waals surface area contributed by atoms with Crippen LogP contribution < -0.4 is 0 Å². The summed E-state index contributed by atoms with van der Waals surface area (Å²) in [5, 5.41) is 0. The Hall–Kier alpha value is -0.410. The summed E-state index contributed by atoms with van der Waals surface area (Å²) < 4.78 is 10.9. The summed E-state index contributed by atoms with van der Waals surface area (Å²) in [6.45, 7) is 3.69. The molecule has 0 N–H and O–H groups in total. The predicted molar refractivity (Wildman–Crippen MR) is 38.1 cm³/mol. The van der Waals surface area contributed by atoms with Crippen molar-refractivity contribution in [2.24, 2.45) is 0 Å². The summed E-state index contributed by atoms with van der Waals surface area (Å²) in [6, 6.07) is 0. The minimum absolute atomic E-state index is 0.0255. The number of carbonyl (C=O) groups excluding carboxylic acids is 1. The normalized spacial score (nSPS) is 41.1. The van der Waals surface area contributed by atoms with Crippen molar-refractivity contribution < 1.29 is 14.3 Å². The number of ether oxygens (including phenoxy) is 2. The molecule has 0 aromatic carbocycles. The van der Waals surface area contributed by atoms with Crippen LogP contribution in [0.15, 0.2) is 0 Å². The lowest BCUT2D eigenvalue weighted by Gasteiger charge is -2.17. The van der Waals surface area contributed by atoms with Gasteiger partial charge in [0.05, 0.1) is 6.10 Å². The molecule has 2 rings (SSSR count). The third kappa shape index (κ3) is 1.08. The molecule has 1 heterocycles. The van der Waals surface area contributed by atoms with E-state index in [1.165, 1.54) is 0 Å². The maximum absolute atomic E-state index is 11.1. The van der Waals surface area contributed by atoms with Crippen molar-refractivity contribution in [3.05, 3.63) is 0 Å². The lowest BCUT2D eigenvalue weighted by molar-refractivity contribution is -0.159. The molecule has 2 atom stereocenters. The Morgan fingerprint density at radius 1 is 1.45 bits per heavy atom. The third-order valence-electron chi connectivity index (χ3n) is 2.18. The highest BCUT2D eigenvalue weighted by Gasteiger charge is 2.48. The molecule has 3 heteroatoms. The second-order valence-corrected chi connectivity index (χ2v) is 3.60. The van der Waals surface area contributed by atoms with Gasteiger partial charge in [0.15, 0.2) is 11.6 Å². The van der Waals surface area contributed by atoms with Crippen molar-refractivity contribution in [3.63, 3.8) is 0 Å². The van der Waals surface area contributed by atoms with E-state index in [0.29, 0.717) is 6.42 Å². The molecular weight excluding hydrogens is 144 g/mol.